The summed E-state index contributed by atoms with van der Waals surface area (Å²) in [6.07, 6.45) is 0.374. The molecule has 0 aliphatic heterocycles. The van der Waals surface area contributed by atoms with E-state index in [1.807, 2.05) is 73.7 Å². The number of aromatic nitrogens is 1. The summed E-state index contributed by atoms with van der Waals surface area (Å²) in [4.78, 5) is 32.2. The van der Waals surface area contributed by atoms with Gasteiger partial charge in [0.2, 0.25) is 5.91 Å². The Bertz CT molecular complexity index is 1330. The minimum Gasteiger partial charge on any atom is -0.497 e. The van der Waals surface area contributed by atoms with Gasteiger partial charge in [0, 0.05) is 20.0 Å². The third-order valence-electron chi connectivity index (χ3n) is 5.70. The van der Waals surface area contributed by atoms with E-state index in [2.05, 4.69) is 10.3 Å². The summed E-state index contributed by atoms with van der Waals surface area (Å²) in [6.45, 7) is 2.29. The Kier molecular flexibility index (Phi) is 6.92. The number of rotatable bonds is 8. The van der Waals surface area contributed by atoms with Crippen LogP contribution in [0, 0.1) is 6.92 Å². The zero-order chi connectivity index (χ0) is 24.1. The van der Waals surface area contributed by atoms with Gasteiger partial charge in [0.05, 0.1) is 18.0 Å². The molecule has 0 fully saturated rings. The molecule has 7 heteroatoms. The second kappa shape index (κ2) is 10.2. The zero-order valence-electron chi connectivity index (χ0n) is 19.4. The quantitative estimate of drug-likeness (QED) is 0.427. The molecule has 0 unspecified atom stereocenters. The fourth-order valence-electron chi connectivity index (χ4n) is 3.89. The molecule has 4 aromatic rings. The molecule has 1 aromatic heterocycles. The van der Waals surface area contributed by atoms with Crippen molar-refractivity contribution in [1.29, 1.82) is 0 Å². The van der Waals surface area contributed by atoms with Crippen LogP contribution in [0.5, 0.6) is 5.75 Å². The Labute approximate surface area is 198 Å². The zero-order valence-corrected chi connectivity index (χ0v) is 19.4. The molecular formula is C27H27N3O4. The number of amides is 1. The van der Waals surface area contributed by atoms with Gasteiger partial charge in [-0.05, 0) is 41.8 Å². The third kappa shape index (κ3) is 5.26. The maximum absolute atomic E-state index is 13.5. The smallest absolute Gasteiger partial charge is 0.348 e. The molecule has 0 bridgehead atoms. The number of hydrogen-bond acceptors (Lipinski definition) is 6. The number of nitrogens with one attached hydrogen (secondary N) is 1. The van der Waals surface area contributed by atoms with E-state index in [0.717, 1.165) is 22.4 Å². The molecule has 174 valence electrons. The van der Waals surface area contributed by atoms with E-state index < -0.39 is 11.7 Å². The summed E-state index contributed by atoms with van der Waals surface area (Å²) in [5.41, 5.74) is 2.77. The molecule has 0 saturated heterocycles. The van der Waals surface area contributed by atoms with Crippen molar-refractivity contribution in [3.63, 3.8) is 0 Å². The lowest BCUT2D eigenvalue weighted by Crippen LogP contribution is -2.42. The number of fused-ring (bicyclic) bond motifs is 1. The average molecular weight is 458 g/mol. The number of aryl methyl sites for hydroxylation is 1. The number of nitrogens with zero attached hydrogens (tertiary/aromatic N) is 2. The molecule has 7 nitrogen and oxygen atoms in total. The molecule has 0 saturated carbocycles. The van der Waals surface area contributed by atoms with E-state index >= 15 is 0 Å². The van der Waals surface area contributed by atoms with Crippen molar-refractivity contribution in [2.75, 3.05) is 19.5 Å². The predicted octanol–water partition coefficient (Wildman–Crippen LogP) is 4.19. The first-order valence-corrected chi connectivity index (χ1v) is 11.0. The minimum atomic E-state index is -0.694. The summed E-state index contributed by atoms with van der Waals surface area (Å²) in [6, 6.07) is 22.0. The summed E-state index contributed by atoms with van der Waals surface area (Å²) in [7, 11) is 3.36. The van der Waals surface area contributed by atoms with Crippen molar-refractivity contribution in [2.45, 2.75) is 25.9 Å². The molecule has 3 aromatic carbocycles. The molecule has 1 N–H and O–H groups in total. The van der Waals surface area contributed by atoms with Gasteiger partial charge in [-0.15, -0.1) is 0 Å². The second-order valence-corrected chi connectivity index (χ2v) is 8.20. The molecule has 1 atom stereocenters. The molecule has 1 heterocycles. The van der Waals surface area contributed by atoms with Crippen LogP contribution in [0.2, 0.25) is 0 Å². The van der Waals surface area contributed by atoms with Gasteiger partial charge in [-0.25, -0.2) is 4.79 Å². The van der Waals surface area contributed by atoms with Gasteiger partial charge in [0.25, 0.3) is 6.01 Å². The Balaban J connectivity index is 1.63. The van der Waals surface area contributed by atoms with E-state index in [1.54, 1.807) is 25.1 Å². The number of anilines is 1. The maximum atomic E-state index is 13.5. The SMILES string of the molecule is COc1ccc(C[C@H](Nc2nc3cccc(C)c3c(=O)o2)C(=O)N(C)Cc2ccccc2)cc1. The van der Waals surface area contributed by atoms with Gasteiger partial charge >= 0.3 is 5.63 Å². The van der Waals surface area contributed by atoms with Crippen LogP contribution in [0.15, 0.2) is 82.0 Å². The molecule has 0 spiro atoms. The number of carbonyl (C=O) groups is 1. The fraction of sp³-hybridized carbons (Fsp3) is 0.222. The topological polar surface area (TPSA) is 84.7 Å². The standard InChI is InChI=1S/C27H27N3O4/c1-18-8-7-11-22-24(18)26(32)34-27(28-22)29-23(16-19-12-14-21(33-3)15-13-19)25(31)30(2)17-20-9-5-4-6-10-20/h4-15,23H,16-17H2,1-3H3,(H,28,29)/t23-/m0/s1. The van der Waals surface area contributed by atoms with Crippen molar-refractivity contribution in [3.05, 3.63) is 99.9 Å². The summed E-state index contributed by atoms with van der Waals surface area (Å²) in [5, 5.41) is 3.51. The van der Waals surface area contributed by atoms with Gasteiger partial charge in [-0.1, -0.05) is 54.6 Å². The maximum Gasteiger partial charge on any atom is 0.348 e. The van der Waals surface area contributed by atoms with Gasteiger partial charge in [-0.2, -0.15) is 4.98 Å². The van der Waals surface area contributed by atoms with Crippen LogP contribution < -0.4 is 15.7 Å². The molecular weight excluding hydrogens is 430 g/mol. The van der Waals surface area contributed by atoms with Gasteiger partial charge < -0.3 is 19.4 Å². The number of carbonyl (C=O) groups excluding carboxylic acids is 1. The number of ether oxygens (including phenoxy) is 1. The highest BCUT2D eigenvalue weighted by Gasteiger charge is 2.25. The van der Waals surface area contributed by atoms with Crippen molar-refractivity contribution in [3.8, 4) is 5.75 Å². The van der Waals surface area contributed by atoms with Crippen LogP contribution in [0.25, 0.3) is 10.9 Å². The normalized spacial score (nSPS) is 11.7. The monoisotopic (exact) mass is 457 g/mol. The minimum absolute atomic E-state index is 0.0167. The number of methoxy groups -OCH3 is 1. The molecule has 34 heavy (non-hydrogen) atoms. The number of benzene rings is 3. The van der Waals surface area contributed by atoms with Gasteiger partial charge in [0.1, 0.15) is 11.8 Å². The second-order valence-electron chi connectivity index (χ2n) is 8.20. The van der Waals surface area contributed by atoms with Crippen LogP contribution in [-0.4, -0.2) is 36.0 Å². The number of hydrogen-bond donors (Lipinski definition) is 1. The molecule has 0 aliphatic rings. The van der Waals surface area contributed by atoms with Crippen LogP contribution in [0.3, 0.4) is 0 Å². The van der Waals surface area contributed by atoms with E-state index in [-0.39, 0.29) is 11.9 Å². The first-order valence-electron chi connectivity index (χ1n) is 11.0. The van der Waals surface area contributed by atoms with Crippen LogP contribution in [0.4, 0.5) is 6.01 Å². The molecule has 4 rings (SSSR count). The van der Waals surface area contributed by atoms with Crippen LogP contribution in [-0.2, 0) is 17.8 Å². The van der Waals surface area contributed by atoms with Crippen LogP contribution >= 0.6 is 0 Å². The van der Waals surface area contributed by atoms with Crippen molar-refractivity contribution in [1.82, 2.24) is 9.88 Å². The van der Waals surface area contributed by atoms with Crippen LogP contribution in [0.1, 0.15) is 16.7 Å². The molecule has 1 amide bonds. The fourth-order valence-corrected chi connectivity index (χ4v) is 3.89. The average Bonchev–Trinajstić information content (AvgIpc) is 2.84. The lowest BCUT2D eigenvalue weighted by atomic mass is 10.0. The van der Waals surface area contributed by atoms with Crippen molar-refractivity contribution < 1.29 is 13.9 Å². The van der Waals surface area contributed by atoms with Gasteiger partial charge in [0.15, 0.2) is 0 Å². The van der Waals surface area contributed by atoms with E-state index in [1.165, 1.54) is 0 Å². The lowest BCUT2D eigenvalue weighted by Gasteiger charge is -2.25. The Hall–Kier alpha value is -4.13. The highest BCUT2D eigenvalue weighted by atomic mass is 16.5. The lowest BCUT2D eigenvalue weighted by molar-refractivity contribution is -0.131. The van der Waals surface area contributed by atoms with E-state index in [0.29, 0.717) is 23.9 Å². The first-order chi connectivity index (χ1) is 16.4. The highest BCUT2D eigenvalue weighted by molar-refractivity contribution is 5.85. The Morgan fingerprint density at radius 1 is 1.03 bits per heavy atom. The summed E-state index contributed by atoms with van der Waals surface area (Å²) >= 11 is 0. The summed E-state index contributed by atoms with van der Waals surface area (Å²) in [5.74, 6) is 0.590. The first kappa shape index (κ1) is 23.0. The predicted molar refractivity (Wildman–Crippen MR) is 132 cm³/mol. The largest absolute Gasteiger partial charge is 0.497 e. The van der Waals surface area contributed by atoms with E-state index in [9.17, 15) is 9.59 Å². The van der Waals surface area contributed by atoms with E-state index in [4.69, 9.17) is 9.15 Å². The molecule has 0 radical (unpaired) electrons. The Morgan fingerprint density at radius 3 is 2.47 bits per heavy atom. The van der Waals surface area contributed by atoms with Crippen molar-refractivity contribution in [2.24, 2.45) is 0 Å². The Morgan fingerprint density at radius 2 is 1.76 bits per heavy atom. The summed E-state index contributed by atoms with van der Waals surface area (Å²) < 4.78 is 10.7. The highest BCUT2D eigenvalue weighted by Crippen LogP contribution is 2.18. The molecule has 0 aliphatic carbocycles. The van der Waals surface area contributed by atoms with Crippen molar-refractivity contribution >= 4 is 22.8 Å². The number of likely N-dealkylation sites (N-methyl/N-ethyl adjacent to an activating group) is 1. The van der Waals surface area contributed by atoms with Gasteiger partial charge in [-0.3, -0.25) is 4.79 Å². The third-order valence-corrected chi connectivity index (χ3v) is 5.70.